The normalized spacial score (nSPS) is 15.8. The summed E-state index contributed by atoms with van der Waals surface area (Å²) in [7, 11) is 0. The lowest BCUT2D eigenvalue weighted by molar-refractivity contribution is 0.195. The number of anilines is 1. The van der Waals surface area contributed by atoms with E-state index in [0.29, 0.717) is 12.2 Å². The molecule has 3 nitrogen and oxygen atoms in total. The summed E-state index contributed by atoms with van der Waals surface area (Å²) in [4.78, 5) is 17.3. The summed E-state index contributed by atoms with van der Waals surface area (Å²) in [5.41, 5.74) is 3.91. The Labute approximate surface area is 183 Å². The fourth-order valence-corrected chi connectivity index (χ4v) is 5.70. The Kier molecular flexibility index (Phi) is 5.80. The number of nitrogens with one attached hydrogen (secondary N) is 1. The molecule has 1 atom stereocenters. The second-order valence-corrected chi connectivity index (χ2v) is 8.95. The summed E-state index contributed by atoms with van der Waals surface area (Å²) in [5.74, 6) is -0.856. The highest BCUT2D eigenvalue weighted by Crippen LogP contribution is 2.43. The van der Waals surface area contributed by atoms with Crippen LogP contribution in [0.25, 0.3) is 0 Å². The number of aryl methyl sites for hydroxylation is 1. The number of hydrogen-bond acceptors (Lipinski definition) is 2. The molecule has 1 aliphatic heterocycles. The molecule has 0 fully saturated rings. The van der Waals surface area contributed by atoms with E-state index in [9.17, 15) is 13.6 Å². The molecule has 2 heterocycles. The number of halogens is 3. The number of thiophene rings is 1. The van der Waals surface area contributed by atoms with Crippen LogP contribution in [0.2, 0.25) is 5.02 Å². The highest BCUT2D eigenvalue weighted by atomic mass is 35.5. The number of carbonyl (C=O) groups excluding carboxylic acids is 1. The van der Waals surface area contributed by atoms with Crippen molar-refractivity contribution in [1.29, 1.82) is 0 Å². The van der Waals surface area contributed by atoms with Gasteiger partial charge < -0.3 is 10.2 Å². The van der Waals surface area contributed by atoms with Crippen LogP contribution in [-0.4, -0.2) is 17.5 Å². The fraction of sp³-hybridized carbons (Fsp3) is 0.261. The van der Waals surface area contributed by atoms with E-state index in [1.54, 1.807) is 28.4 Å². The molecular formula is C23H21ClF2N2OS. The van der Waals surface area contributed by atoms with Gasteiger partial charge in [0.05, 0.1) is 11.1 Å². The monoisotopic (exact) mass is 446 g/mol. The third-order valence-corrected chi connectivity index (χ3v) is 7.02. The minimum Gasteiger partial charge on any atom is -0.312 e. The van der Waals surface area contributed by atoms with Crippen LogP contribution in [0.1, 0.15) is 39.4 Å². The van der Waals surface area contributed by atoms with Crippen molar-refractivity contribution < 1.29 is 13.6 Å². The van der Waals surface area contributed by atoms with Crippen molar-refractivity contribution in [2.45, 2.75) is 32.7 Å². The summed E-state index contributed by atoms with van der Waals surface area (Å²) < 4.78 is 27.0. The number of rotatable bonds is 3. The maximum absolute atomic E-state index is 13.6. The number of nitrogens with zero attached hydrogens (tertiary/aromatic N) is 1. The smallest absolute Gasteiger partial charge is 0.312 e. The topological polar surface area (TPSA) is 32.3 Å². The van der Waals surface area contributed by atoms with Crippen molar-refractivity contribution in [2.24, 2.45) is 0 Å². The van der Waals surface area contributed by atoms with Crippen molar-refractivity contribution in [3.63, 3.8) is 0 Å². The van der Waals surface area contributed by atoms with E-state index in [4.69, 9.17) is 11.6 Å². The molecule has 0 unspecified atom stereocenters. The van der Waals surface area contributed by atoms with Crippen molar-refractivity contribution in [3.8, 4) is 0 Å². The van der Waals surface area contributed by atoms with Gasteiger partial charge in [-0.2, -0.15) is 0 Å². The van der Waals surface area contributed by atoms with E-state index in [-0.39, 0.29) is 22.9 Å². The minimum atomic E-state index is -0.539. The summed E-state index contributed by atoms with van der Waals surface area (Å²) >= 11 is 7.55. The molecule has 7 heteroatoms. The maximum Gasteiger partial charge on any atom is 0.322 e. The Hall–Kier alpha value is -2.44. The lowest BCUT2D eigenvalue weighted by Crippen LogP contribution is -2.42. The molecule has 1 aliphatic rings. The second kappa shape index (κ2) is 8.36. The highest BCUT2D eigenvalue weighted by Gasteiger charge is 2.35. The van der Waals surface area contributed by atoms with Gasteiger partial charge in [-0.15, -0.1) is 11.3 Å². The van der Waals surface area contributed by atoms with E-state index in [1.165, 1.54) is 46.3 Å². The van der Waals surface area contributed by atoms with Crippen LogP contribution in [0.4, 0.5) is 19.3 Å². The van der Waals surface area contributed by atoms with Crippen LogP contribution >= 0.6 is 22.9 Å². The van der Waals surface area contributed by atoms with Gasteiger partial charge in [0, 0.05) is 22.0 Å². The van der Waals surface area contributed by atoms with Crippen molar-refractivity contribution in [2.75, 3.05) is 11.9 Å². The standard InChI is InChI=1S/C23H21ClF2N2OS/c1-3-17-13(2)30-22-18(17)10-11-28(21(22)14-4-6-15(25)7-5-14)23(29)27-16-8-9-20(26)19(24)12-16/h4-9,12,21H,3,10-11H2,1-2H3,(H,27,29)/t21-/m0/s1. The molecule has 156 valence electrons. The zero-order valence-electron chi connectivity index (χ0n) is 16.6. The Bertz CT molecular complexity index is 1100. The quantitative estimate of drug-likeness (QED) is 0.475. The number of amides is 2. The molecule has 1 aromatic heterocycles. The lowest BCUT2D eigenvalue weighted by atomic mass is 9.92. The number of carbonyl (C=O) groups is 1. The molecule has 0 aliphatic carbocycles. The van der Waals surface area contributed by atoms with Gasteiger partial charge in [-0.25, -0.2) is 13.6 Å². The Morgan fingerprint density at radius 3 is 2.63 bits per heavy atom. The molecule has 0 bridgehead atoms. The molecule has 4 rings (SSSR count). The predicted octanol–water partition coefficient (Wildman–Crippen LogP) is 6.73. The van der Waals surface area contributed by atoms with Crippen LogP contribution in [-0.2, 0) is 12.8 Å². The largest absolute Gasteiger partial charge is 0.322 e. The van der Waals surface area contributed by atoms with Gasteiger partial charge >= 0.3 is 6.03 Å². The van der Waals surface area contributed by atoms with Crippen LogP contribution in [0.15, 0.2) is 42.5 Å². The minimum absolute atomic E-state index is 0.0507. The predicted molar refractivity (Wildman–Crippen MR) is 118 cm³/mol. The zero-order chi connectivity index (χ0) is 21.4. The van der Waals surface area contributed by atoms with Gasteiger partial charge in [-0.3, -0.25) is 0 Å². The summed E-state index contributed by atoms with van der Waals surface area (Å²) in [6.45, 7) is 4.77. The molecular weight excluding hydrogens is 426 g/mol. The number of hydrogen-bond donors (Lipinski definition) is 1. The Morgan fingerprint density at radius 2 is 1.97 bits per heavy atom. The van der Waals surface area contributed by atoms with E-state index in [2.05, 4.69) is 19.2 Å². The molecule has 0 saturated heterocycles. The van der Waals surface area contributed by atoms with Gasteiger partial charge in [0.2, 0.25) is 0 Å². The zero-order valence-corrected chi connectivity index (χ0v) is 18.2. The molecule has 2 amide bonds. The van der Waals surface area contributed by atoms with E-state index >= 15 is 0 Å². The number of benzene rings is 2. The molecule has 3 aromatic rings. The third kappa shape index (κ3) is 3.82. The summed E-state index contributed by atoms with van der Waals surface area (Å²) in [5, 5.41) is 2.77. The van der Waals surface area contributed by atoms with Gasteiger partial charge in [-0.1, -0.05) is 30.7 Å². The number of urea groups is 1. The molecule has 1 N–H and O–H groups in total. The van der Waals surface area contributed by atoms with E-state index < -0.39 is 5.82 Å². The SMILES string of the molecule is CCc1c(C)sc2c1CCN(C(=O)Nc1ccc(F)c(Cl)c1)[C@H]2c1ccc(F)cc1. The molecule has 0 spiro atoms. The maximum atomic E-state index is 13.6. The van der Waals surface area contributed by atoms with Gasteiger partial charge in [0.25, 0.3) is 0 Å². The van der Waals surface area contributed by atoms with Gasteiger partial charge in [0.1, 0.15) is 11.6 Å². The van der Waals surface area contributed by atoms with Crippen LogP contribution < -0.4 is 5.32 Å². The second-order valence-electron chi connectivity index (χ2n) is 7.29. The van der Waals surface area contributed by atoms with Crippen molar-refractivity contribution in [1.82, 2.24) is 4.90 Å². The average molecular weight is 447 g/mol. The average Bonchev–Trinajstić information content (AvgIpc) is 3.05. The fourth-order valence-electron chi connectivity index (χ4n) is 4.07. The van der Waals surface area contributed by atoms with Gasteiger partial charge in [-0.05, 0) is 66.8 Å². The Morgan fingerprint density at radius 1 is 1.23 bits per heavy atom. The molecule has 0 radical (unpaired) electrons. The molecule has 2 aromatic carbocycles. The van der Waals surface area contributed by atoms with Crippen LogP contribution in [0.5, 0.6) is 0 Å². The first-order valence-corrected chi connectivity index (χ1v) is 11.0. The van der Waals surface area contributed by atoms with Crippen molar-refractivity contribution >= 4 is 34.7 Å². The van der Waals surface area contributed by atoms with Gasteiger partial charge in [0.15, 0.2) is 0 Å². The molecule has 30 heavy (non-hydrogen) atoms. The lowest BCUT2D eigenvalue weighted by Gasteiger charge is -2.36. The van der Waals surface area contributed by atoms with Crippen LogP contribution in [0, 0.1) is 18.6 Å². The molecule has 0 saturated carbocycles. The number of fused-ring (bicyclic) bond motifs is 1. The van der Waals surface area contributed by atoms with Crippen LogP contribution in [0.3, 0.4) is 0 Å². The summed E-state index contributed by atoms with van der Waals surface area (Å²) in [6, 6.07) is 9.76. The summed E-state index contributed by atoms with van der Waals surface area (Å²) in [6.07, 6.45) is 1.70. The van der Waals surface area contributed by atoms with E-state index in [1.807, 2.05) is 0 Å². The Balaban J connectivity index is 1.72. The van der Waals surface area contributed by atoms with E-state index in [0.717, 1.165) is 23.3 Å². The highest BCUT2D eigenvalue weighted by molar-refractivity contribution is 7.12. The first-order valence-electron chi connectivity index (χ1n) is 9.78. The first kappa shape index (κ1) is 20.8. The third-order valence-electron chi connectivity index (χ3n) is 5.48. The first-order chi connectivity index (χ1) is 14.4. The van der Waals surface area contributed by atoms with Crippen molar-refractivity contribution in [3.05, 3.63) is 85.6 Å².